The molecule has 0 heterocycles. The van der Waals surface area contributed by atoms with Crippen LogP contribution in [-0.4, -0.2) is 32.3 Å². The van der Waals surface area contributed by atoms with Crippen LogP contribution in [0.5, 0.6) is 0 Å². The number of carbonyl (C=O) groups is 1. The molecule has 0 aliphatic carbocycles. The Labute approximate surface area is 108 Å². The molecule has 0 unspecified atom stereocenters. The van der Waals surface area contributed by atoms with Gasteiger partial charge in [0.05, 0.1) is 23.5 Å². The van der Waals surface area contributed by atoms with Crippen molar-refractivity contribution in [3.8, 4) is 0 Å². The third-order valence-electron chi connectivity index (χ3n) is 2.37. The minimum atomic E-state index is -4.35. The summed E-state index contributed by atoms with van der Waals surface area (Å²) in [5.41, 5.74) is 6.10. The molecule has 0 radical (unpaired) electrons. The van der Waals surface area contributed by atoms with E-state index >= 15 is 0 Å². The normalized spacial score (nSPS) is 11.2. The number of anilines is 2. The topological polar surface area (TPSA) is 55.6 Å². The largest absolute Gasteiger partial charge is 0.462 e. The molecule has 1 aromatic rings. The van der Waals surface area contributed by atoms with Crippen LogP contribution < -0.4 is 10.6 Å². The van der Waals surface area contributed by atoms with E-state index in [1.165, 1.54) is 25.2 Å². The Kier molecular flexibility index (Phi) is 4.63. The van der Waals surface area contributed by atoms with Crippen molar-refractivity contribution >= 4 is 17.3 Å². The number of nitrogens with zero attached hydrogens (tertiary/aromatic N) is 1. The molecular formula is C12H15F3N2O2. The van der Waals surface area contributed by atoms with E-state index in [1.54, 1.807) is 6.92 Å². The Morgan fingerprint density at radius 2 is 2.05 bits per heavy atom. The average molecular weight is 276 g/mol. The van der Waals surface area contributed by atoms with Gasteiger partial charge in [-0.2, -0.15) is 13.2 Å². The number of ether oxygens (including phenoxy) is 1. The summed E-state index contributed by atoms with van der Waals surface area (Å²) in [6, 6.07) is 4.09. The number of rotatable bonds is 4. The lowest BCUT2D eigenvalue weighted by atomic mass is 10.1. The Morgan fingerprint density at radius 3 is 2.58 bits per heavy atom. The predicted molar refractivity (Wildman–Crippen MR) is 66.1 cm³/mol. The van der Waals surface area contributed by atoms with Crippen LogP contribution in [0.25, 0.3) is 0 Å². The van der Waals surface area contributed by atoms with Gasteiger partial charge in [-0.1, -0.05) is 0 Å². The Morgan fingerprint density at radius 1 is 1.42 bits per heavy atom. The van der Waals surface area contributed by atoms with E-state index in [-0.39, 0.29) is 23.5 Å². The highest BCUT2D eigenvalue weighted by Gasteiger charge is 2.30. The molecule has 106 valence electrons. The maximum Gasteiger partial charge on any atom is 0.405 e. The fourth-order valence-corrected chi connectivity index (χ4v) is 1.57. The monoisotopic (exact) mass is 276 g/mol. The number of esters is 1. The molecule has 0 spiro atoms. The minimum absolute atomic E-state index is 0.142. The highest BCUT2D eigenvalue weighted by molar-refractivity contribution is 5.92. The predicted octanol–water partition coefficient (Wildman–Crippen LogP) is 2.44. The van der Waals surface area contributed by atoms with Gasteiger partial charge in [-0.05, 0) is 25.1 Å². The van der Waals surface area contributed by atoms with Gasteiger partial charge >= 0.3 is 12.1 Å². The number of halogens is 3. The van der Waals surface area contributed by atoms with Gasteiger partial charge in [-0.3, -0.25) is 0 Å². The second-order valence-electron chi connectivity index (χ2n) is 3.97. The molecule has 1 rings (SSSR count). The lowest BCUT2D eigenvalue weighted by Gasteiger charge is -2.22. The summed E-state index contributed by atoms with van der Waals surface area (Å²) in [5.74, 6) is -0.593. The summed E-state index contributed by atoms with van der Waals surface area (Å²) in [6.45, 7) is 0.687. The molecule has 19 heavy (non-hydrogen) atoms. The van der Waals surface area contributed by atoms with Gasteiger partial charge in [0.25, 0.3) is 0 Å². The van der Waals surface area contributed by atoms with E-state index in [9.17, 15) is 18.0 Å². The molecule has 0 atom stereocenters. The van der Waals surface area contributed by atoms with Crippen LogP contribution in [-0.2, 0) is 4.74 Å². The minimum Gasteiger partial charge on any atom is -0.462 e. The number of hydrogen-bond acceptors (Lipinski definition) is 4. The van der Waals surface area contributed by atoms with Gasteiger partial charge in [0.15, 0.2) is 0 Å². The van der Waals surface area contributed by atoms with E-state index in [0.717, 1.165) is 4.90 Å². The molecule has 0 amide bonds. The van der Waals surface area contributed by atoms with Crippen molar-refractivity contribution in [2.24, 2.45) is 0 Å². The highest BCUT2D eigenvalue weighted by Crippen LogP contribution is 2.27. The molecule has 0 saturated carbocycles. The molecule has 0 aliphatic heterocycles. The fourth-order valence-electron chi connectivity index (χ4n) is 1.57. The van der Waals surface area contributed by atoms with Crippen LogP contribution in [0.15, 0.2) is 18.2 Å². The summed E-state index contributed by atoms with van der Waals surface area (Å²) < 4.78 is 41.8. The molecule has 0 aromatic heterocycles. The van der Waals surface area contributed by atoms with Crippen molar-refractivity contribution in [1.29, 1.82) is 0 Å². The van der Waals surface area contributed by atoms with Gasteiger partial charge in [0, 0.05) is 7.05 Å². The zero-order valence-corrected chi connectivity index (χ0v) is 10.6. The number of hydrogen-bond donors (Lipinski definition) is 1. The first kappa shape index (κ1) is 15.1. The molecule has 2 N–H and O–H groups in total. The average Bonchev–Trinajstić information content (AvgIpc) is 2.27. The number of carbonyl (C=O) groups excluding carboxylic acids is 1. The van der Waals surface area contributed by atoms with Crippen LogP contribution in [0.3, 0.4) is 0 Å². The van der Waals surface area contributed by atoms with Crippen molar-refractivity contribution in [2.75, 3.05) is 30.8 Å². The molecule has 0 bridgehead atoms. The standard InChI is InChI=1S/C12H15F3N2O2/c1-3-19-11(18)8-4-5-9(16)10(6-8)17(2)7-12(13,14)15/h4-6H,3,7,16H2,1-2H3. The lowest BCUT2D eigenvalue weighted by Crippen LogP contribution is -2.31. The lowest BCUT2D eigenvalue weighted by molar-refractivity contribution is -0.119. The maximum absolute atomic E-state index is 12.3. The van der Waals surface area contributed by atoms with Gasteiger partial charge < -0.3 is 15.4 Å². The van der Waals surface area contributed by atoms with Crippen molar-refractivity contribution in [1.82, 2.24) is 0 Å². The van der Waals surface area contributed by atoms with Crippen molar-refractivity contribution < 1.29 is 22.7 Å². The molecule has 7 heteroatoms. The first-order valence-corrected chi connectivity index (χ1v) is 5.59. The first-order chi connectivity index (χ1) is 8.74. The highest BCUT2D eigenvalue weighted by atomic mass is 19.4. The van der Waals surface area contributed by atoms with Gasteiger partial charge in [-0.15, -0.1) is 0 Å². The van der Waals surface area contributed by atoms with E-state index in [4.69, 9.17) is 10.5 Å². The van der Waals surface area contributed by atoms with E-state index in [2.05, 4.69) is 0 Å². The van der Waals surface area contributed by atoms with Crippen LogP contribution in [0.2, 0.25) is 0 Å². The quantitative estimate of drug-likeness (QED) is 0.678. The third kappa shape index (κ3) is 4.35. The van der Waals surface area contributed by atoms with Crippen LogP contribution in [0.4, 0.5) is 24.5 Å². The number of benzene rings is 1. The second-order valence-corrected chi connectivity index (χ2v) is 3.97. The Balaban J connectivity index is 3.00. The van der Waals surface area contributed by atoms with Crippen molar-refractivity contribution in [3.05, 3.63) is 23.8 Å². The van der Waals surface area contributed by atoms with Gasteiger partial charge in [0.1, 0.15) is 6.54 Å². The number of nitrogen functional groups attached to an aromatic ring is 1. The number of alkyl halides is 3. The molecule has 4 nitrogen and oxygen atoms in total. The van der Waals surface area contributed by atoms with E-state index < -0.39 is 18.7 Å². The maximum atomic E-state index is 12.3. The zero-order valence-electron chi connectivity index (χ0n) is 10.6. The van der Waals surface area contributed by atoms with Crippen LogP contribution >= 0.6 is 0 Å². The van der Waals surface area contributed by atoms with Crippen LogP contribution in [0, 0.1) is 0 Å². The van der Waals surface area contributed by atoms with E-state index in [0.29, 0.717) is 0 Å². The smallest absolute Gasteiger partial charge is 0.405 e. The van der Waals surface area contributed by atoms with Crippen molar-refractivity contribution in [2.45, 2.75) is 13.1 Å². The van der Waals surface area contributed by atoms with Gasteiger partial charge in [0.2, 0.25) is 0 Å². The zero-order chi connectivity index (χ0) is 14.6. The summed E-state index contributed by atoms with van der Waals surface area (Å²) in [4.78, 5) is 12.5. The second kappa shape index (κ2) is 5.81. The molecular weight excluding hydrogens is 261 g/mol. The molecule has 0 aliphatic rings. The van der Waals surface area contributed by atoms with Gasteiger partial charge in [-0.25, -0.2) is 4.79 Å². The SMILES string of the molecule is CCOC(=O)c1ccc(N)c(N(C)CC(F)(F)F)c1. The molecule has 1 aromatic carbocycles. The Hall–Kier alpha value is -1.92. The summed E-state index contributed by atoms with van der Waals surface area (Å²) >= 11 is 0. The Bertz CT molecular complexity index is 461. The third-order valence-corrected chi connectivity index (χ3v) is 2.37. The molecule has 0 saturated heterocycles. The number of nitrogens with two attached hydrogens (primary N) is 1. The molecule has 0 fully saturated rings. The van der Waals surface area contributed by atoms with Crippen LogP contribution in [0.1, 0.15) is 17.3 Å². The summed E-state index contributed by atoms with van der Waals surface area (Å²) in [6.07, 6.45) is -4.35. The van der Waals surface area contributed by atoms with E-state index in [1.807, 2.05) is 0 Å². The van der Waals surface area contributed by atoms with Crippen molar-refractivity contribution in [3.63, 3.8) is 0 Å². The summed E-state index contributed by atoms with van der Waals surface area (Å²) in [7, 11) is 1.26. The summed E-state index contributed by atoms with van der Waals surface area (Å²) in [5, 5.41) is 0. The fraction of sp³-hybridized carbons (Fsp3) is 0.417. The first-order valence-electron chi connectivity index (χ1n) is 5.59.